The van der Waals surface area contributed by atoms with Crippen molar-refractivity contribution >= 4 is 11.7 Å². The van der Waals surface area contributed by atoms with Gasteiger partial charge in [-0.25, -0.2) is 0 Å². The van der Waals surface area contributed by atoms with E-state index in [0.29, 0.717) is 11.3 Å². The van der Waals surface area contributed by atoms with Crippen molar-refractivity contribution in [2.45, 2.75) is 32.9 Å². The minimum atomic E-state index is -0.665. The second-order valence-electron chi connectivity index (χ2n) is 5.35. The van der Waals surface area contributed by atoms with Crippen LogP contribution in [0.5, 0.6) is 5.75 Å². The minimum Gasteiger partial charge on any atom is -0.481 e. The molecule has 0 fully saturated rings. The van der Waals surface area contributed by atoms with E-state index in [1.807, 2.05) is 19.1 Å². The van der Waals surface area contributed by atoms with E-state index in [-0.39, 0.29) is 17.7 Å². The molecule has 1 aromatic carbocycles. The second-order valence-corrected chi connectivity index (χ2v) is 5.35. The first-order chi connectivity index (χ1) is 11.0. The fraction of sp³-hybridized carbons (Fsp3) is 0.278. The topological polar surface area (TPSA) is 68.3 Å². The number of aromatic nitrogens is 1. The Hall–Kier alpha value is -2.69. The molecule has 0 saturated carbocycles. The number of nitrogens with one attached hydrogen (secondary N) is 1. The van der Waals surface area contributed by atoms with E-state index >= 15 is 0 Å². The summed E-state index contributed by atoms with van der Waals surface area (Å²) in [5.41, 5.74) is 1.53. The smallest absolute Gasteiger partial charge is 0.261 e. The molecule has 0 bridgehead atoms. The molecule has 2 rings (SSSR count). The Morgan fingerprint density at radius 1 is 1.13 bits per heavy atom. The summed E-state index contributed by atoms with van der Waals surface area (Å²) in [7, 11) is 0. The van der Waals surface area contributed by atoms with E-state index in [2.05, 4.69) is 10.3 Å². The maximum absolute atomic E-state index is 12.2. The third kappa shape index (κ3) is 4.64. The van der Waals surface area contributed by atoms with Crippen molar-refractivity contribution in [2.24, 2.45) is 0 Å². The van der Waals surface area contributed by atoms with Crippen LogP contribution in [0.2, 0.25) is 0 Å². The molecule has 1 amide bonds. The summed E-state index contributed by atoms with van der Waals surface area (Å²) in [6.45, 7) is 5.07. The summed E-state index contributed by atoms with van der Waals surface area (Å²) in [4.78, 5) is 27.6. The van der Waals surface area contributed by atoms with Crippen LogP contribution in [0.1, 0.15) is 42.7 Å². The third-order valence-electron chi connectivity index (χ3n) is 3.49. The first-order valence-corrected chi connectivity index (χ1v) is 7.45. The van der Waals surface area contributed by atoms with Gasteiger partial charge in [0.25, 0.3) is 5.91 Å². The minimum absolute atomic E-state index is 0.0427. The van der Waals surface area contributed by atoms with Crippen LogP contribution in [0, 0.1) is 0 Å². The zero-order chi connectivity index (χ0) is 16.8. The van der Waals surface area contributed by atoms with Gasteiger partial charge >= 0.3 is 0 Å². The molecule has 0 saturated heterocycles. The molecule has 0 unspecified atom stereocenters. The van der Waals surface area contributed by atoms with Crippen LogP contribution >= 0.6 is 0 Å². The van der Waals surface area contributed by atoms with Crippen molar-refractivity contribution in [3.8, 4) is 5.75 Å². The zero-order valence-corrected chi connectivity index (χ0v) is 13.4. The number of hydrogen-bond acceptors (Lipinski definition) is 4. The largest absolute Gasteiger partial charge is 0.481 e. The summed E-state index contributed by atoms with van der Waals surface area (Å²) in [5, 5.41) is 2.89. The van der Waals surface area contributed by atoms with Crippen molar-refractivity contribution in [3.63, 3.8) is 0 Å². The average molecular weight is 312 g/mol. The number of benzene rings is 1. The van der Waals surface area contributed by atoms with E-state index in [1.54, 1.807) is 43.6 Å². The highest BCUT2D eigenvalue weighted by atomic mass is 16.5. The normalized spacial score (nSPS) is 13.0. The van der Waals surface area contributed by atoms with Gasteiger partial charge in [-0.1, -0.05) is 12.1 Å². The van der Waals surface area contributed by atoms with Gasteiger partial charge in [-0.2, -0.15) is 0 Å². The van der Waals surface area contributed by atoms with Gasteiger partial charge in [0, 0.05) is 18.0 Å². The molecule has 0 spiro atoms. The molecule has 23 heavy (non-hydrogen) atoms. The van der Waals surface area contributed by atoms with Crippen LogP contribution in [-0.2, 0) is 4.79 Å². The van der Waals surface area contributed by atoms with Gasteiger partial charge in [0.2, 0.25) is 0 Å². The number of amides is 1. The van der Waals surface area contributed by atoms with Crippen LogP contribution in [0.4, 0.5) is 0 Å². The van der Waals surface area contributed by atoms with Crippen LogP contribution < -0.4 is 10.1 Å². The summed E-state index contributed by atoms with van der Waals surface area (Å²) in [6, 6.07) is 10.4. The number of hydrogen-bond donors (Lipinski definition) is 1. The highest BCUT2D eigenvalue weighted by Gasteiger charge is 2.18. The Morgan fingerprint density at radius 2 is 1.83 bits per heavy atom. The van der Waals surface area contributed by atoms with E-state index in [4.69, 9.17) is 4.74 Å². The van der Waals surface area contributed by atoms with Gasteiger partial charge in [0.05, 0.1) is 6.04 Å². The molecular weight excluding hydrogens is 292 g/mol. The molecule has 1 N–H and O–H groups in total. The summed E-state index contributed by atoms with van der Waals surface area (Å²) in [6.07, 6.45) is 2.71. The number of ketones is 1. The molecule has 0 aliphatic heterocycles. The van der Waals surface area contributed by atoms with Crippen LogP contribution in [-0.4, -0.2) is 22.8 Å². The van der Waals surface area contributed by atoms with E-state index < -0.39 is 6.10 Å². The Balaban J connectivity index is 1.97. The van der Waals surface area contributed by atoms with Gasteiger partial charge in [-0.15, -0.1) is 0 Å². The number of rotatable bonds is 6. The van der Waals surface area contributed by atoms with Crippen LogP contribution in [0.25, 0.3) is 0 Å². The first kappa shape index (κ1) is 16.7. The predicted octanol–water partition coefficient (Wildman–Crippen LogP) is 2.93. The molecule has 0 aliphatic carbocycles. The Morgan fingerprint density at radius 3 is 2.48 bits per heavy atom. The molecule has 2 aromatic rings. The van der Waals surface area contributed by atoms with Crippen molar-refractivity contribution in [1.82, 2.24) is 10.3 Å². The van der Waals surface area contributed by atoms with Gasteiger partial charge in [0.15, 0.2) is 11.9 Å². The SMILES string of the molecule is CC(=O)c1cccc(O[C@@H](C)C(=O)N[C@H](C)c2ccncc2)c1. The molecule has 0 aliphatic rings. The number of pyridine rings is 1. The quantitative estimate of drug-likeness (QED) is 0.833. The molecule has 5 heteroatoms. The van der Waals surface area contributed by atoms with E-state index in [1.165, 1.54) is 6.92 Å². The lowest BCUT2D eigenvalue weighted by atomic mass is 10.1. The number of carbonyl (C=O) groups is 2. The van der Waals surface area contributed by atoms with Crippen molar-refractivity contribution < 1.29 is 14.3 Å². The number of nitrogens with zero attached hydrogens (tertiary/aromatic N) is 1. The monoisotopic (exact) mass is 312 g/mol. The highest BCUT2D eigenvalue weighted by molar-refractivity contribution is 5.94. The number of carbonyl (C=O) groups excluding carboxylic acids is 2. The van der Waals surface area contributed by atoms with Crippen molar-refractivity contribution in [3.05, 3.63) is 59.9 Å². The summed E-state index contributed by atoms with van der Waals surface area (Å²) < 4.78 is 5.63. The fourth-order valence-electron chi connectivity index (χ4n) is 2.11. The lowest BCUT2D eigenvalue weighted by molar-refractivity contribution is -0.127. The Labute approximate surface area is 135 Å². The molecule has 1 aromatic heterocycles. The first-order valence-electron chi connectivity index (χ1n) is 7.45. The Kier molecular flexibility index (Phi) is 5.46. The molecule has 120 valence electrons. The Bertz CT molecular complexity index is 686. The lowest BCUT2D eigenvalue weighted by Crippen LogP contribution is -2.37. The maximum atomic E-state index is 12.2. The fourth-order valence-corrected chi connectivity index (χ4v) is 2.11. The van der Waals surface area contributed by atoms with Crippen molar-refractivity contribution in [2.75, 3.05) is 0 Å². The number of ether oxygens (including phenoxy) is 1. The maximum Gasteiger partial charge on any atom is 0.261 e. The van der Waals surface area contributed by atoms with Crippen LogP contribution in [0.3, 0.4) is 0 Å². The lowest BCUT2D eigenvalue weighted by Gasteiger charge is -2.19. The van der Waals surface area contributed by atoms with E-state index in [9.17, 15) is 9.59 Å². The molecule has 1 heterocycles. The molecular formula is C18H20N2O3. The predicted molar refractivity (Wildman–Crippen MR) is 87.3 cm³/mol. The highest BCUT2D eigenvalue weighted by Crippen LogP contribution is 2.16. The average Bonchev–Trinajstić information content (AvgIpc) is 2.55. The molecule has 5 nitrogen and oxygen atoms in total. The molecule has 2 atom stereocenters. The van der Waals surface area contributed by atoms with Crippen LogP contribution in [0.15, 0.2) is 48.8 Å². The van der Waals surface area contributed by atoms with Crippen molar-refractivity contribution in [1.29, 1.82) is 0 Å². The standard InChI is InChI=1S/C18H20N2O3/c1-12(15-7-9-19-10-8-15)20-18(22)14(3)23-17-6-4-5-16(11-17)13(2)21/h4-12,14H,1-3H3,(H,20,22)/t12-,14+/m1/s1. The number of Topliss-reactive ketones (excluding diaryl/α,β-unsaturated/α-hetero) is 1. The van der Waals surface area contributed by atoms with Gasteiger partial charge in [-0.3, -0.25) is 14.6 Å². The third-order valence-corrected chi connectivity index (χ3v) is 3.49. The van der Waals surface area contributed by atoms with E-state index in [0.717, 1.165) is 5.56 Å². The zero-order valence-electron chi connectivity index (χ0n) is 13.4. The van der Waals surface area contributed by atoms with Gasteiger partial charge < -0.3 is 10.1 Å². The van der Waals surface area contributed by atoms with Gasteiger partial charge in [-0.05, 0) is 50.6 Å². The molecule has 0 radical (unpaired) electrons. The summed E-state index contributed by atoms with van der Waals surface area (Å²) in [5.74, 6) is 0.235. The second kappa shape index (κ2) is 7.54. The van der Waals surface area contributed by atoms with Gasteiger partial charge in [0.1, 0.15) is 5.75 Å². The summed E-state index contributed by atoms with van der Waals surface area (Å²) >= 11 is 0.